The molecule has 0 aliphatic heterocycles. The van der Waals surface area contributed by atoms with E-state index in [9.17, 15) is 0 Å². The number of hydrogen-bond acceptors (Lipinski definition) is 3. The molecule has 0 fully saturated rings. The highest BCUT2D eigenvalue weighted by Gasteiger charge is 2.17. The molecule has 0 spiro atoms. The zero-order chi connectivity index (χ0) is 13.1. The monoisotopic (exact) mass is 237 g/mol. The van der Waals surface area contributed by atoms with Gasteiger partial charge in [-0.15, -0.1) is 0 Å². The van der Waals surface area contributed by atoms with Crippen LogP contribution in [0.5, 0.6) is 11.5 Å². The summed E-state index contributed by atoms with van der Waals surface area (Å²) in [5.74, 6) is 1.56. The van der Waals surface area contributed by atoms with Gasteiger partial charge in [0.2, 0.25) is 0 Å². The molecule has 0 radical (unpaired) electrons. The molecule has 1 aromatic rings. The summed E-state index contributed by atoms with van der Waals surface area (Å²) in [5, 5.41) is 0. The molecule has 0 bridgehead atoms. The SMILES string of the molecule is COc1ccc(CN(C)C(C)(C)C)cc1OC. The molecule has 3 heteroatoms. The molecule has 0 aliphatic carbocycles. The summed E-state index contributed by atoms with van der Waals surface area (Å²) in [5.41, 5.74) is 1.38. The van der Waals surface area contributed by atoms with Crippen LogP contribution in [0.2, 0.25) is 0 Å². The van der Waals surface area contributed by atoms with E-state index < -0.39 is 0 Å². The number of ether oxygens (including phenoxy) is 2. The molecular weight excluding hydrogens is 214 g/mol. The van der Waals surface area contributed by atoms with Gasteiger partial charge in [0, 0.05) is 12.1 Å². The van der Waals surface area contributed by atoms with Crippen molar-refractivity contribution in [3.05, 3.63) is 23.8 Å². The Bertz CT molecular complexity index is 369. The highest BCUT2D eigenvalue weighted by atomic mass is 16.5. The van der Waals surface area contributed by atoms with Crippen LogP contribution in [0.25, 0.3) is 0 Å². The Morgan fingerprint density at radius 2 is 1.65 bits per heavy atom. The molecule has 0 aliphatic rings. The Hall–Kier alpha value is -1.22. The lowest BCUT2D eigenvalue weighted by Gasteiger charge is -2.32. The number of methoxy groups -OCH3 is 2. The topological polar surface area (TPSA) is 21.7 Å². The smallest absolute Gasteiger partial charge is 0.161 e. The van der Waals surface area contributed by atoms with Crippen LogP contribution in [0.15, 0.2) is 18.2 Å². The van der Waals surface area contributed by atoms with E-state index in [1.54, 1.807) is 14.2 Å². The third kappa shape index (κ3) is 3.63. The van der Waals surface area contributed by atoms with Gasteiger partial charge in [-0.1, -0.05) is 6.07 Å². The van der Waals surface area contributed by atoms with Gasteiger partial charge in [0.15, 0.2) is 11.5 Å². The van der Waals surface area contributed by atoms with Gasteiger partial charge in [-0.2, -0.15) is 0 Å². The Morgan fingerprint density at radius 3 is 2.12 bits per heavy atom. The van der Waals surface area contributed by atoms with Crippen LogP contribution in [0.1, 0.15) is 26.3 Å². The van der Waals surface area contributed by atoms with Crippen LogP contribution in [-0.2, 0) is 6.54 Å². The molecule has 96 valence electrons. The summed E-state index contributed by atoms with van der Waals surface area (Å²) in [6.45, 7) is 7.50. The van der Waals surface area contributed by atoms with Gasteiger partial charge in [-0.05, 0) is 45.5 Å². The molecule has 1 rings (SSSR count). The van der Waals surface area contributed by atoms with Crippen molar-refractivity contribution in [2.45, 2.75) is 32.9 Å². The zero-order valence-corrected chi connectivity index (χ0v) is 11.7. The van der Waals surface area contributed by atoms with E-state index >= 15 is 0 Å². The summed E-state index contributed by atoms with van der Waals surface area (Å²) < 4.78 is 10.5. The second-order valence-electron chi connectivity index (χ2n) is 5.22. The molecule has 0 heterocycles. The summed E-state index contributed by atoms with van der Waals surface area (Å²) >= 11 is 0. The molecule has 0 N–H and O–H groups in total. The minimum atomic E-state index is 0.160. The fourth-order valence-electron chi connectivity index (χ4n) is 1.49. The van der Waals surface area contributed by atoms with Crippen molar-refractivity contribution < 1.29 is 9.47 Å². The van der Waals surface area contributed by atoms with Crippen LogP contribution in [0.4, 0.5) is 0 Å². The first-order valence-electron chi connectivity index (χ1n) is 5.80. The van der Waals surface area contributed by atoms with Crippen molar-refractivity contribution in [1.29, 1.82) is 0 Å². The van der Waals surface area contributed by atoms with E-state index in [0.717, 1.165) is 18.0 Å². The molecule has 0 saturated carbocycles. The Kier molecular flexibility index (Phi) is 4.40. The van der Waals surface area contributed by atoms with Crippen molar-refractivity contribution in [3.63, 3.8) is 0 Å². The lowest BCUT2D eigenvalue weighted by atomic mass is 10.1. The molecule has 0 atom stereocenters. The van der Waals surface area contributed by atoms with Crippen LogP contribution in [-0.4, -0.2) is 31.7 Å². The standard InChI is InChI=1S/C14H23NO2/c1-14(2,3)15(4)10-11-7-8-12(16-5)13(9-11)17-6/h7-9H,10H2,1-6H3. The Balaban J connectivity index is 2.86. The molecule has 0 aromatic heterocycles. The van der Waals surface area contributed by atoms with E-state index in [4.69, 9.17) is 9.47 Å². The lowest BCUT2D eigenvalue weighted by molar-refractivity contribution is 0.167. The van der Waals surface area contributed by atoms with Crippen molar-refractivity contribution in [3.8, 4) is 11.5 Å². The third-order valence-electron chi connectivity index (χ3n) is 3.01. The average molecular weight is 237 g/mol. The molecule has 17 heavy (non-hydrogen) atoms. The minimum Gasteiger partial charge on any atom is -0.493 e. The Morgan fingerprint density at radius 1 is 1.06 bits per heavy atom. The maximum absolute atomic E-state index is 5.30. The highest BCUT2D eigenvalue weighted by molar-refractivity contribution is 5.42. The van der Waals surface area contributed by atoms with Crippen LogP contribution >= 0.6 is 0 Å². The average Bonchev–Trinajstić information content (AvgIpc) is 2.27. The molecule has 3 nitrogen and oxygen atoms in total. The van der Waals surface area contributed by atoms with Gasteiger partial charge in [0.05, 0.1) is 14.2 Å². The lowest BCUT2D eigenvalue weighted by Crippen LogP contribution is -2.37. The van der Waals surface area contributed by atoms with Crippen LogP contribution < -0.4 is 9.47 Å². The maximum atomic E-state index is 5.30. The van der Waals surface area contributed by atoms with Crippen molar-refractivity contribution >= 4 is 0 Å². The zero-order valence-electron chi connectivity index (χ0n) is 11.7. The van der Waals surface area contributed by atoms with Crippen molar-refractivity contribution in [2.24, 2.45) is 0 Å². The first-order valence-corrected chi connectivity index (χ1v) is 5.80. The van der Waals surface area contributed by atoms with Gasteiger partial charge in [-0.25, -0.2) is 0 Å². The van der Waals surface area contributed by atoms with E-state index in [1.807, 2.05) is 12.1 Å². The van der Waals surface area contributed by atoms with Crippen molar-refractivity contribution in [2.75, 3.05) is 21.3 Å². The first kappa shape index (κ1) is 13.8. The van der Waals surface area contributed by atoms with Gasteiger partial charge >= 0.3 is 0 Å². The summed E-state index contributed by atoms with van der Waals surface area (Å²) in [4.78, 5) is 2.30. The van der Waals surface area contributed by atoms with E-state index in [2.05, 4.69) is 38.8 Å². The summed E-state index contributed by atoms with van der Waals surface area (Å²) in [6, 6.07) is 6.05. The largest absolute Gasteiger partial charge is 0.493 e. The van der Waals surface area contributed by atoms with E-state index in [-0.39, 0.29) is 5.54 Å². The van der Waals surface area contributed by atoms with Gasteiger partial charge in [0.1, 0.15) is 0 Å². The van der Waals surface area contributed by atoms with E-state index in [1.165, 1.54) is 5.56 Å². The second-order valence-corrected chi connectivity index (χ2v) is 5.22. The predicted molar refractivity (Wildman–Crippen MR) is 70.8 cm³/mol. The number of hydrogen-bond donors (Lipinski definition) is 0. The molecule has 0 saturated heterocycles. The van der Waals surface area contributed by atoms with Crippen LogP contribution in [0.3, 0.4) is 0 Å². The number of nitrogens with zero attached hydrogens (tertiary/aromatic N) is 1. The molecular formula is C14H23NO2. The quantitative estimate of drug-likeness (QED) is 0.803. The maximum Gasteiger partial charge on any atom is 0.161 e. The third-order valence-corrected chi connectivity index (χ3v) is 3.01. The predicted octanol–water partition coefficient (Wildman–Crippen LogP) is 2.93. The van der Waals surface area contributed by atoms with E-state index in [0.29, 0.717) is 0 Å². The normalized spacial score (nSPS) is 11.7. The number of benzene rings is 1. The Labute approximate surface area is 104 Å². The van der Waals surface area contributed by atoms with Gasteiger partial charge in [-0.3, -0.25) is 4.90 Å². The van der Waals surface area contributed by atoms with Gasteiger partial charge < -0.3 is 9.47 Å². The molecule has 0 amide bonds. The summed E-state index contributed by atoms with van der Waals surface area (Å²) in [6.07, 6.45) is 0. The summed E-state index contributed by atoms with van der Waals surface area (Å²) in [7, 11) is 5.44. The van der Waals surface area contributed by atoms with Gasteiger partial charge in [0.25, 0.3) is 0 Å². The molecule has 0 unspecified atom stereocenters. The fourth-order valence-corrected chi connectivity index (χ4v) is 1.49. The second kappa shape index (κ2) is 5.41. The molecule has 1 aromatic carbocycles. The van der Waals surface area contributed by atoms with Crippen LogP contribution in [0, 0.1) is 0 Å². The highest BCUT2D eigenvalue weighted by Crippen LogP contribution is 2.28. The first-order chi connectivity index (χ1) is 7.88. The number of rotatable bonds is 4. The van der Waals surface area contributed by atoms with Crippen molar-refractivity contribution in [1.82, 2.24) is 4.90 Å². The fraction of sp³-hybridized carbons (Fsp3) is 0.571. The minimum absolute atomic E-state index is 0.160.